The zero-order valence-corrected chi connectivity index (χ0v) is 70.2. The number of para-hydroxylation sites is 1. The van der Waals surface area contributed by atoms with Gasteiger partial charge < -0.3 is 37.0 Å². The summed E-state index contributed by atoms with van der Waals surface area (Å²) in [6, 6.07) is 52.1. The number of aryl methyl sites for hydroxylation is 6. The maximum atomic E-state index is 13.5. The monoisotopic (exact) mass is 1760 g/mol. The number of fused-ring (bicyclic) bond motifs is 11. The minimum atomic E-state index is -0.879. The van der Waals surface area contributed by atoms with Crippen LogP contribution in [0.3, 0.4) is 0 Å². The fourth-order valence-electron chi connectivity index (χ4n) is 14.1. The number of aromatic nitrogens is 14. The average molecular weight is 1770 g/mol. The van der Waals surface area contributed by atoms with Crippen LogP contribution in [0.25, 0.3) is 44.6 Å². The molecule has 14 aromatic rings. The van der Waals surface area contributed by atoms with E-state index in [4.69, 9.17) is 27.3 Å². The molecule has 5 aromatic carbocycles. The Hall–Kier alpha value is -12.7. The Labute approximate surface area is 714 Å². The number of carboxylic acid groups (broad SMARTS) is 1. The van der Waals surface area contributed by atoms with Gasteiger partial charge in [0.2, 0.25) is 5.95 Å². The molecule has 120 heavy (non-hydrogen) atoms. The third kappa shape index (κ3) is 19.7. The summed E-state index contributed by atoms with van der Waals surface area (Å²) in [5.74, 6) is -1.25. The van der Waals surface area contributed by atoms with Gasteiger partial charge in [0.1, 0.15) is 42.4 Å². The predicted octanol–water partition coefficient (Wildman–Crippen LogP) is 12.1. The molecule has 621 valence electrons. The number of halogens is 1. The molecule has 1 fully saturated rings. The van der Waals surface area contributed by atoms with E-state index in [9.17, 15) is 47.9 Å². The van der Waals surface area contributed by atoms with Gasteiger partial charge in [-0.3, -0.25) is 72.4 Å². The quantitative estimate of drug-likeness (QED) is 0.0156. The number of rotatable bonds is 13. The first-order valence-corrected chi connectivity index (χ1v) is 40.7. The number of thioether (sulfide) groups is 1. The van der Waals surface area contributed by atoms with Crippen molar-refractivity contribution in [2.45, 2.75) is 111 Å². The van der Waals surface area contributed by atoms with Crippen molar-refractivity contribution >= 4 is 114 Å². The Kier molecular flexibility index (Phi) is 30.5. The summed E-state index contributed by atoms with van der Waals surface area (Å²) in [5, 5.41) is 15.9. The summed E-state index contributed by atoms with van der Waals surface area (Å²) in [5.41, 5.74) is 10.3. The van der Waals surface area contributed by atoms with Crippen LogP contribution in [0.1, 0.15) is 130 Å². The Balaban J connectivity index is 0.000000175. The molecule has 0 bridgehead atoms. The average Bonchev–Trinajstić information content (AvgIpc) is 1.55. The number of carboxylic acids is 1. The van der Waals surface area contributed by atoms with Crippen molar-refractivity contribution in [1.82, 2.24) is 57.7 Å². The first-order chi connectivity index (χ1) is 56.3. The van der Waals surface area contributed by atoms with Gasteiger partial charge in [0.05, 0.1) is 55.2 Å². The van der Waals surface area contributed by atoms with E-state index in [0.717, 1.165) is 73.0 Å². The summed E-state index contributed by atoms with van der Waals surface area (Å²) in [6.07, 6.45) is 9.80. The Morgan fingerprint density at radius 2 is 1.23 bits per heavy atom. The number of aromatic carboxylic acids is 1. The zero-order valence-electron chi connectivity index (χ0n) is 66.0. The van der Waals surface area contributed by atoms with Gasteiger partial charge in [0.25, 0.3) is 28.5 Å². The van der Waals surface area contributed by atoms with Gasteiger partial charge in [-0.1, -0.05) is 173 Å². The maximum absolute atomic E-state index is 13.5. The summed E-state index contributed by atoms with van der Waals surface area (Å²) >= 11 is 8.72. The van der Waals surface area contributed by atoms with Crippen LogP contribution < -0.4 is 57.7 Å². The van der Waals surface area contributed by atoms with Gasteiger partial charge in [0, 0.05) is 44.2 Å². The number of benzene rings is 5. The number of hydrogen-bond acceptors (Lipinski definition) is 16. The van der Waals surface area contributed by atoms with Crippen LogP contribution in [-0.4, -0.2) is 105 Å². The number of nitrogens with zero attached hydrogens (tertiary/aromatic N) is 12. The summed E-state index contributed by atoms with van der Waals surface area (Å²) in [4.78, 5) is 152. The van der Waals surface area contributed by atoms with Crippen molar-refractivity contribution in [3.8, 4) is 11.4 Å². The molecule has 0 spiro atoms. The standard InChI is InChI=1S/C23H24N4O2S.C22H23N7O3.C19H13N2O2.C14H14N4O2S.C7H6O2.2CH4.CH3.ClH.Ru/c1-3-14-30-22-24-20-19(26(22)15-17-10-6-4-7-11-17)21(28)27(23(29)25(20)2)16-18-12-8-5-9-13-18;1-13-14(2)29(21(32)16-8-6-10-28(4)12-16)17-18(23-13)24-22(26-20(17)31)25-19(30)15-7-5-9-27(3)11-15;1-9-6-11-15-13(22)7-14(23)17(15)16-10-4-2-3-5-12(10)21-19(16)18(11)20-8-9;1-8-3-5-9(6-4-8)7-18-10-11(15-14(18)21)17(2)13(20)16-12(10)19;8-7(9)6-4-2-1-3-5-6;;;;;/h4-13H,3,14-16H2,1-2H3;5-14H,1-4H3,(H-2,23,24,25,26,30,31);2-6,8,15,17H,7H2,1H3;3-6H,7H2,1-2H3,(H,15,21)(H,16,19,20);1-5H,(H,8,9);2*1H4;1H3;1H;/q;;-1;;;;;-1;;+3/p+1. The van der Waals surface area contributed by atoms with E-state index >= 15 is 0 Å². The van der Waals surface area contributed by atoms with Gasteiger partial charge in [-0.2, -0.15) is 4.98 Å². The Morgan fingerprint density at radius 1 is 0.667 bits per heavy atom. The number of anilines is 3. The van der Waals surface area contributed by atoms with E-state index in [1.165, 1.54) is 24.2 Å². The first-order valence-electron chi connectivity index (χ1n) is 37.1. The van der Waals surface area contributed by atoms with E-state index in [-0.39, 0.29) is 93.5 Å². The van der Waals surface area contributed by atoms with Crippen LogP contribution >= 0.6 is 33.7 Å². The second kappa shape index (κ2) is 40.2. The molecule has 0 radical (unpaired) electrons. The number of pyridine rings is 3. The number of nitrogens with one attached hydrogen (secondary N) is 5. The summed E-state index contributed by atoms with van der Waals surface area (Å²) in [7, 11) is 11.5. The van der Waals surface area contributed by atoms with Crippen LogP contribution in [0.2, 0.25) is 0 Å². The zero-order chi connectivity index (χ0) is 83.6. The van der Waals surface area contributed by atoms with Gasteiger partial charge in [-0.15, -0.1) is 11.2 Å². The van der Waals surface area contributed by atoms with Crippen molar-refractivity contribution in [2.24, 2.45) is 28.2 Å². The number of H-pyrrole nitrogens is 3. The molecule has 17 rings (SSSR count). The third-order valence-electron chi connectivity index (χ3n) is 20.0. The Morgan fingerprint density at radius 3 is 1.85 bits per heavy atom. The number of amides is 2. The number of carbonyl (C=O) groups excluding carboxylic acids is 4. The minimum absolute atomic E-state index is 0. The summed E-state index contributed by atoms with van der Waals surface area (Å²) < 4.78 is 11.7. The van der Waals surface area contributed by atoms with E-state index in [2.05, 4.69) is 52.2 Å². The molecule has 1 aliphatic heterocycles. The second-order valence-electron chi connectivity index (χ2n) is 28.2. The molecule has 28 nitrogen and oxygen atoms in total. The molecule has 4 atom stereocenters. The van der Waals surface area contributed by atoms with Gasteiger partial charge in [-0.05, 0) is 109 Å². The fraction of sp³-hybridized carbons (Fsp3) is 0.239. The van der Waals surface area contributed by atoms with E-state index in [1.54, 1.807) is 126 Å². The second-order valence-corrected chi connectivity index (χ2v) is 29.7. The van der Waals surface area contributed by atoms with Crippen LogP contribution in [0.4, 0.5) is 17.5 Å². The van der Waals surface area contributed by atoms with Gasteiger partial charge in [0.15, 0.2) is 62.9 Å². The van der Waals surface area contributed by atoms with E-state index < -0.39 is 40.5 Å². The topological polar surface area (TPSA) is 351 Å². The number of Topliss-reactive ketones (excluding diaryl/α,β-unsaturated/α-hetero) is 2. The molecule has 2 amide bonds. The first kappa shape index (κ1) is 91.2. The molecule has 2 aliphatic carbocycles. The van der Waals surface area contributed by atoms with E-state index in [1.807, 2.05) is 178 Å². The molecule has 32 heteroatoms. The third-order valence-corrected chi connectivity index (χ3v) is 21.5. The number of ketones is 2. The fourth-order valence-corrected chi connectivity index (χ4v) is 15.2. The molecule has 4 unspecified atom stereocenters. The van der Waals surface area contributed by atoms with Crippen molar-refractivity contribution in [1.29, 1.82) is 0 Å². The van der Waals surface area contributed by atoms with E-state index in [0.29, 0.717) is 56.9 Å². The van der Waals surface area contributed by atoms with Crippen LogP contribution in [-0.2, 0) is 74.7 Å². The van der Waals surface area contributed by atoms with Crippen molar-refractivity contribution in [3.05, 3.63) is 321 Å². The Bertz CT molecular complexity index is 6500. The normalized spacial score (nSPS) is 14.3. The van der Waals surface area contributed by atoms with Gasteiger partial charge in [-0.25, -0.2) is 28.5 Å². The predicted molar refractivity (Wildman–Crippen MR) is 466 cm³/mol. The number of aromatic amines is 3. The van der Waals surface area contributed by atoms with Gasteiger partial charge >= 0.3 is 44.4 Å². The van der Waals surface area contributed by atoms with Crippen LogP contribution in [0, 0.1) is 26.0 Å². The number of hydrogen-bond donors (Lipinski definition) is 6. The molecule has 9 aromatic heterocycles. The van der Waals surface area contributed by atoms with Crippen molar-refractivity contribution < 1.29 is 55.5 Å². The molecule has 10 heterocycles. The van der Waals surface area contributed by atoms with Crippen molar-refractivity contribution in [2.75, 3.05) is 21.3 Å². The molecule has 0 saturated heterocycles. The van der Waals surface area contributed by atoms with Crippen molar-refractivity contribution in [3.63, 3.8) is 0 Å². The SMILES string of the molecule is C.C.CC1Nc2nc(NC(=O)c3ccc[n+](C)c3)[nH]c(=O)c2N(C(=O)c2ccc[n+](C)c2)C1C.CCCSc1nc2c(c(=O)n(Cc3ccccc3)c(=O)n2C)n1Cc1ccccc1.Cc1ccc(Cn2c(=S)[nH]c3c2c(=O)[nH]c(=O)n3C)cc1.Cc1cnc2c(c1)C1C(=O)CC(=O)C1c1c-2[n-]c2ccccc12.O=C(O)c1ccccc1.[CH3-].[Cl][Ru+2]. The summed E-state index contributed by atoms with van der Waals surface area (Å²) in [6.45, 7) is 11.1. The van der Waals surface area contributed by atoms with Crippen LogP contribution in [0.15, 0.2) is 230 Å². The van der Waals surface area contributed by atoms with Crippen LogP contribution in [0.5, 0.6) is 0 Å². The molecule has 6 N–H and O–H groups in total. The number of carbonyl (C=O) groups is 5. The number of imidazole rings is 2. The molecular formula is C88H93ClN17O11RuS2+2. The molecule has 1 saturated carbocycles. The molecule has 3 aliphatic rings. The molecular weight excluding hydrogens is 1670 g/mol.